The van der Waals surface area contributed by atoms with Gasteiger partial charge < -0.3 is 4.74 Å². The van der Waals surface area contributed by atoms with E-state index in [4.69, 9.17) is 4.74 Å². The van der Waals surface area contributed by atoms with Crippen molar-refractivity contribution in [3.63, 3.8) is 0 Å². The number of amidine groups is 1. The number of esters is 1. The summed E-state index contributed by atoms with van der Waals surface area (Å²) in [5.41, 5.74) is 1.25. The maximum Gasteiger partial charge on any atom is 0.308 e. The summed E-state index contributed by atoms with van der Waals surface area (Å²) in [4.78, 5) is 20.5. The number of aliphatic imine (C=N–C) groups is 1. The maximum atomic E-state index is 12.0. The third-order valence-electron chi connectivity index (χ3n) is 3.53. The monoisotopic (exact) mass is 379 g/mol. The predicted molar refractivity (Wildman–Crippen MR) is 94.1 cm³/mol. The molecule has 0 aliphatic carbocycles. The first-order valence-corrected chi connectivity index (χ1v) is 10.1. The average Bonchev–Trinajstić information content (AvgIpc) is 3.16. The molecule has 7 nitrogen and oxygen atoms in total. The summed E-state index contributed by atoms with van der Waals surface area (Å²) in [6, 6.07) is 6.59. The first-order chi connectivity index (χ1) is 12.0. The summed E-state index contributed by atoms with van der Waals surface area (Å²) in [5.74, 6) is -0.139. The van der Waals surface area contributed by atoms with Gasteiger partial charge in [-0.05, 0) is 18.6 Å². The summed E-state index contributed by atoms with van der Waals surface area (Å²) in [5, 5.41) is 2.88. The van der Waals surface area contributed by atoms with Crippen molar-refractivity contribution in [2.75, 3.05) is 6.54 Å². The van der Waals surface area contributed by atoms with Gasteiger partial charge in [0.15, 0.2) is 0 Å². The van der Waals surface area contributed by atoms with Crippen LogP contribution in [-0.2, 0) is 32.6 Å². The molecule has 25 heavy (non-hydrogen) atoms. The molecular formula is C16H17N3O4S2. The van der Waals surface area contributed by atoms with Crippen LogP contribution in [0.2, 0.25) is 0 Å². The molecule has 1 N–H and O–H groups in total. The quantitative estimate of drug-likeness (QED) is 0.773. The standard InChI is InChI=1S/C16H17N3O4S2/c1-2-14-18-11(10-24-14)9-23-15(20)7-8-17-16-12-5-3-4-6-13(12)25(21,22)19-16/h3-6,10H,2,7-9H2,1H3,(H,17,19). The number of hydrogen-bond donors (Lipinski definition) is 1. The van der Waals surface area contributed by atoms with Crippen LogP contribution in [0.1, 0.15) is 29.6 Å². The summed E-state index contributed by atoms with van der Waals surface area (Å²) in [7, 11) is -3.56. The number of ether oxygens (including phenoxy) is 1. The van der Waals surface area contributed by atoms with Gasteiger partial charge in [0, 0.05) is 10.9 Å². The van der Waals surface area contributed by atoms with E-state index in [9.17, 15) is 13.2 Å². The molecule has 1 aromatic heterocycles. The topological polar surface area (TPSA) is 97.7 Å². The zero-order valence-corrected chi connectivity index (χ0v) is 15.2. The predicted octanol–water partition coefficient (Wildman–Crippen LogP) is 1.88. The van der Waals surface area contributed by atoms with E-state index in [2.05, 4.69) is 14.7 Å². The Balaban J connectivity index is 1.54. The SMILES string of the molecule is CCc1nc(COC(=O)CCN=C2NS(=O)(=O)c3ccccc32)cs1. The van der Waals surface area contributed by atoms with Crippen LogP contribution in [0.25, 0.3) is 0 Å². The number of thiazole rings is 1. The second kappa shape index (κ2) is 7.32. The number of rotatable bonds is 6. The van der Waals surface area contributed by atoms with Crippen molar-refractivity contribution >= 4 is 33.2 Å². The van der Waals surface area contributed by atoms with Gasteiger partial charge in [0.1, 0.15) is 12.4 Å². The minimum absolute atomic E-state index is 0.0676. The van der Waals surface area contributed by atoms with Crippen molar-refractivity contribution in [2.45, 2.75) is 31.3 Å². The fourth-order valence-corrected chi connectivity index (χ4v) is 4.29. The van der Waals surface area contributed by atoms with Crippen molar-refractivity contribution in [1.29, 1.82) is 0 Å². The molecule has 2 heterocycles. The van der Waals surface area contributed by atoms with Gasteiger partial charge in [-0.2, -0.15) is 0 Å². The van der Waals surface area contributed by atoms with Crippen LogP contribution in [0.3, 0.4) is 0 Å². The van der Waals surface area contributed by atoms with Crippen LogP contribution in [0, 0.1) is 0 Å². The Hall–Kier alpha value is -2.26. The number of benzene rings is 1. The van der Waals surface area contributed by atoms with Crippen LogP contribution in [0.15, 0.2) is 39.5 Å². The Bertz CT molecular complexity index is 919. The molecule has 3 rings (SSSR count). The summed E-state index contributed by atoms with van der Waals surface area (Å²) in [6.07, 6.45) is 0.922. The fourth-order valence-electron chi connectivity index (χ4n) is 2.31. The highest BCUT2D eigenvalue weighted by Crippen LogP contribution is 2.22. The van der Waals surface area contributed by atoms with Gasteiger partial charge in [0.2, 0.25) is 0 Å². The Labute approximate surface area is 149 Å². The number of carbonyl (C=O) groups excluding carboxylic acids is 1. The highest BCUT2D eigenvalue weighted by molar-refractivity contribution is 7.90. The van der Waals surface area contributed by atoms with Crippen molar-refractivity contribution in [3.05, 3.63) is 45.9 Å². The van der Waals surface area contributed by atoms with Crippen LogP contribution in [0.4, 0.5) is 0 Å². The number of aryl methyl sites for hydroxylation is 1. The van der Waals surface area contributed by atoms with Crippen LogP contribution < -0.4 is 4.72 Å². The first-order valence-electron chi connectivity index (χ1n) is 7.75. The Kier molecular flexibility index (Phi) is 5.14. The lowest BCUT2D eigenvalue weighted by Gasteiger charge is -2.02. The molecule has 0 atom stereocenters. The van der Waals surface area contributed by atoms with E-state index in [1.807, 2.05) is 12.3 Å². The Morgan fingerprint density at radius 1 is 1.36 bits per heavy atom. The van der Waals surface area contributed by atoms with Gasteiger partial charge in [0.05, 0.1) is 28.6 Å². The minimum atomic E-state index is -3.56. The second-order valence-electron chi connectivity index (χ2n) is 5.33. The van der Waals surface area contributed by atoms with E-state index in [1.165, 1.54) is 17.4 Å². The molecule has 1 aromatic carbocycles. The lowest BCUT2D eigenvalue weighted by atomic mass is 10.2. The smallest absolute Gasteiger partial charge is 0.308 e. The lowest BCUT2D eigenvalue weighted by molar-refractivity contribution is -0.144. The Morgan fingerprint density at radius 2 is 2.16 bits per heavy atom. The minimum Gasteiger partial charge on any atom is -0.459 e. The molecule has 9 heteroatoms. The summed E-state index contributed by atoms with van der Waals surface area (Å²) in [6.45, 7) is 2.30. The van der Waals surface area contributed by atoms with Gasteiger partial charge in [-0.1, -0.05) is 19.1 Å². The molecule has 0 unspecified atom stereocenters. The van der Waals surface area contributed by atoms with Gasteiger partial charge in [-0.3, -0.25) is 14.5 Å². The number of carbonyl (C=O) groups is 1. The van der Waals surface area contributed by atoms with E-state index in [0.29, 0.717) is 5.56 Å². The zero-order valence-electron chi connectivity index (χ0n) is 13.6. The number of nitrogens with one attached hydrogen (secondary N) is 1. The van der Waals surface area contributed by atoms with E-state index < -0.39 is 16.0 Å². The Morgan fingerprint density at radius 3 is 2.92 bits per heavy atom. The molecule has 132 valence electrons. The van der Waals surface area contributed by atoms with Crippen LogP contribution in [-0.4, -0.2) is 31.8 Å². The van der Waals surface area contributed by atoms with E-state index >= 15 is 0 Å². The summed E-state index contributed by atoms with van der Waals surface area (Å²) < 4.78 is 31.5. The highest BCUT2D eigenvalue weighted by Gasteiger charge is 2.29. The van der Waals surface area contributed by atoms with Crippen molar-refractivity contribution in [1.82, 2.24) is 9.71 Å². The maximum absolute atomic E-state index is 12.0. The van der Waals surface area contributed by atoms with E-state index in [0.717, 1.165) is 17.1 Å². The van der Waals surface area contributed by atoms with Gasteiger partial charge >= 0.3 is 5.97 Å². The highest BCUT2D eigenvalue weighted by atomic mass is 32.2. The fraction of sp³-hybridized carbons (Fsp3) is 0.312. The average molecular weight is 379 g/mol. The number of nitrogens with zero attached hydrogens (tertiary/aromatic N) is 2. The van der Waals surface area contributed by atoms with Gasteiger partial charge in [-0.15, -0.1) is 11.3 Å². The van der Waals surface area contributed by atoms with Gasteiger partial charge in [0.25, 0.3) is 10.0 Å². The molecule has 0 amide bonds. The molecule has 0 radical (unpaired) electrons. The molecule has 1 aliphatic rings. The molecule has 0 fully saturated rings. The third-order valence-corrected chi connectivity index (χ3v) is 5.97. The van der Waals surface area contributed by atoms with Gasteiger partial charge in [-0.25, -0.2) is 13.4 Å². The molecule has 0 spiro atoms. The zero-order chi connectivity index (χ0) is 17.9. The van der Waals surface area contributed by atoms with Crippen LogP contribution in [0.5, 0.6) is 0 Å². The lowest BCUT2D eigenvalue weighted by Crippen LogP contribution is -2.22. The molecule has 0 saturated heterocycles. The number of fused-ring (bicyclic) bond motifs is 1. The van der Waals surface area contributed by atoms with Crippen molar-refractivity contribution in [2.24, 2.45) is 4.99 Å². The number of hydrogen-bond acceptors (Lipinski definition) is 7. The van der Waals surface area contributed by atoms with Crippen LogP contribution >= 0.6 is 11.3 Å². The normalized spacial score (nSPS) is 16.4. The molecule has 1 aliphatic heterocycles. The third kappa shape index (κ3) is 4.05. The van der Waals surface area contributed by atoms with Crippen molar-refractivity contribution in [3.8, 4) is 0 Å². The molecule has 0 saturated carbocycles. The summed E-state index contributed by atoms with van der Waals surface area (Å²) >= 11 is 1.54. The van der Waals surface area contributed by atoms with Crippen molar-refractivity contribution < 1.29 is 17.9 Å². The second-order valence-corrected chi connectivity index (χ2v) is 7.92. The molecule has 0 bridgehead atoms. The number of aromatic nitrogens is 1. The molecular weight excluding hydrogens is 362 g/mol. The largest absolute Gasteiger partial charge is 0.459 e. The van der Waals surface area contributed by atoms with E-state index in [-0.39, 0.29) is 30.3 Å². The van der Waals surface area contributed by atoms with E-state index in [1.54, 1.807) is 18.2 Å². The molecule has 2 aromatic rings. The first kappa shape index (κ1) is 17.6. The number of sulfonamides is 1.